The number of aromatic nitrogens is 4. The lowest BCUT2D eigenvalue weighted by Gasteiger charge is -2.07. The van der Waals surface area contributed by atoms with Crippen LogP contribution in [0.15, 0.2) is 12.4 Å². The highest BCUT2D eigenvalue weighted by Crippen LogP contribution is 2.25. The van der Waals surface area contributed by atoms with Gasteiger partial charge in [-0.25, -0.2) is 14.8 Å². The zero-order valence-corrected chi connectivity index (χ0v) is 12.4. The molecule has 2 aromatic heterocycles. The first-order valence-electron chi connectivity index (χ1n) is 6.46. The first-order valence-corrected chi connectivity index (χ1v) is 6.46. The van der Waals surface area contributed by atoms with Gasteiger partial charge in [0.1, 0.15) is 17.7 Å². The Kier molecular flexibility index (Phi) is 4.06. The summed E-state index contributed by atoms with van der Waals surface area (Å²) in [7, 11) is 1.30. The fourth-order valence-electron chi connectivity index (χ4n) is 1.84. The van der Waals surface area contributed by atoms with Crippen LogP contribution < -0.4 is 11.1 Å². The summed E-state index contributed by atoms with van der Waals surface area (Å²) in [5.74, 6) is 0.475. The van der Waals surface area contributed by atoms with E-state index in [0.717, 1.165) is 5.69 Å². The summed E-state index contributed by atoms with van der Waals surface area (Å²) >= 11 is 0. The number of aryl methyl sites for hydroxylation is 1. The molecule has 8 heteroatoms. The van der Waals surface area contributed by atoms with Crippen molar-refractivity contribution in [1.29, 1.82) is 0 Å². The Hall–Kier alpha value is -2.64. The molecule has 0 aliphatic rings. The number of carbonyl (C=O) groups excluding carboxylic acids is 1. The van der Waals surface area contributed by atoms with Gasteiger partial charge in [-0.1, -0.05) is 0 Å². The van der Waals surface area contributed by atoms with Gasteiger partial charge < -0.3 is 15.8 Å². The molecule has 3 N–H and O–H groups in total. The molecule has 2 aromatic rings. The van der Waals surface area contributed by atoms with E-state index in [9.17, 15) is 4.79 Å². The van der Waals surface area contributed by atoms with E-state index in [4.69, 9.17) is 10.5 Å². The Balaban J connectivity index is 2.58. The number of rotatable bonds is 4. The highest BCUT2D eigenvalue weighted by molar-refractivity contribution is 5.99. The quantitative estimate of drug-likeness (QED) is 0.813. The largest absolute Gasteiger partial charge is 0.465 e. The molecule has 8 nitrogen and oxygen atoms in total. The smallest absolute Gasteiger partial charge is 0.345 e. The van der Waals surface area contributed by atoms with Crippen molar-refractivity contribution in [3.63, 3.8) is 0 Å². The maximum atomic E-state index is 11.9. The molecule has 0 amide bonds. The van der Waals surface area contributed by atoms with Gasteiger partial charge in [-0.15, -0.1) is 5.10 Å². The molecule has 112 valence electrons. The van der Waals surface area contributed by atoms with Gasteiger partial charge in [0.2, 0.25) is 0 Å². The molecule has 0 radical (unpaired) electrons. The zero-order valence-electron chi connectivity index (χ0n) is 12.4. The molecule has 0 aliphatic carbocycles. The summed E-state index contributed by atoms with van der Waals surface area (Å²) < 4.78 is 6.16. The lowest BCUT2D eigenvalue weighted by atomic mass is 10.2. The molecule has 0 spiro atoms. The number of methoxy groups -OCH3 is 1. The molecule has 0 saturated heterocycles. The number of nitrogens with one attached hydrogen (secondary N) is 1. The molecule has 2 rings (SSSR count). The number of carbonyl (C=O) groups is 1. The van der Waals surface area contributed by atoms with Crippen molar-refractivity contribution in [2.75, 3.05) is 18.2 Å². The van der Waals surface area contributed by atoms with Gasteiger partial charge in [-0.2, -0.15) is 4.68 Å². The van der Waals surface area contributed by atoms with Crippen LogP contribution in [0.3, 0.4) is 0 Å². The minimum absolute atomic E-state index is 0.0864. The van der Waals surface area contributed by atoms with E-state index in [0.29, 0.717) is 11.6 Å². The molecule has 0 fully saturated rings. The average molecular weight is 290 g/mol. The summed E-state index contributed by atoms with van der Waals surface area (Å²) in [6.45, 7) is 5.70. The van der Waals surface area contributed by atoms with Crippen LogP contribution in [0.1, 0.15) is 29.9 Å². The second-order valence-electron chi connectivity index (χ2n) is 4.83. The first-order chi connectivity index (χ1) is 9.93. The van der Waals surface area contributed by atoms with Gasteiger partial charge in [0, 0.05) is 17.8 Å². The third-order valence-corrected chi connectivity index (χ3v) is 2.74. The Morgan fingerprint density at radius 2 is 2.14 bits per heavy atom. The van der Waals surface area contributed by atoms with Crippen LogP contribution in [0.4, 0.5) is 11.6 Å². The number of esters is 1. The SMILES string of the molecule is COC(=O)c1c(NC(C)C)nn(-c2cc(C)ncn2)c1N. The molecule has 0 saturated carbocycles. The van der Waals surface area contributed by atoms with Crippen LogP contribution in [-0.2, 0) is 4.74 Å². The molecular weight excluding hydrogens is 272 g/mol. The van der Waals surface area contributed by atoms with Crippen molar-refractivity contribution in [2.45, 2.75) is 26.8 Å². The normalized spacial score (nSPS) is 10.7. The second-order valence-corrected chi connectivity index (χ2v) is 4.83. The van der Waals surface area contributed by atoms with Gasteiger partial charge in [0.05, 0.1) is 7.11 Å². The van der Waals surface area contributed by atoms with Crippen LogP contribution in [-0.4, -0.2) is 38.9 Å². The van der Waals surface area contributed by atoms with E-state index in [1.54, 1.807) is 6.07 Å². The van der Waals surface area contributed by atoms with Crippen molar-refractivity contribution < 1.29 is 9.53 Å². The van der Waals surface area contributed by atoms with Crippen LogP contribution in [0.2, 0.25) is 0 Å². The van der Waals surface area contributed by atoms with Crippen LogP contribution in [0.25, 0.3) is 5.82 Å². The van der Waals surface area contributed by atoms with Crippen LogP contribution in [0.5, 0.6) is 0 Å². The zero-order chi connectivity index (χ0) is 15.6. The summed E-state index contributed by atoms with van der Waals surface area (Å²) in [5.41, 5.74) is 7.01. The van der Waals surface area contributed by atoms with E-state index in [2.05, 4.69) is 20.4 Å². The number of nitrogens with two attached hydrogens (primary N) is 1. The molecule has 0 aromatic carbocycles. The highest BCUT2D eigenvalue weighted by Gasteiger charge is 2.24. The van der Waals surface area contributed by atoms with Crippen LogP contribution in [0, 0.1) is 6.92 Å². The van der Waals surface area contributed by atoms with Gasteiger partial charge >= 0.3 is 5.97 Å². The fourth-order valence-corrected chi connectivity index (χ4v) is 1.84. The molecule has 0 atom stereocenters. The van der Waals surface area contributed by atoms with E-state index >= 15 is 0 Å². The summed E-state index contributed by atoms with van der Waals surface area (Å²) in [4.78, 5) is 20.1. The highest BCUT2D eigenvalue weighted by atomic mass is 16.5. The summed E-state index contributed by atoms with van der Waals surface area (Å²) in [6.07, 6.45) is 1.42. The number of hydrogen-bond donors (Lipinski definition) is 2. The van der Waals surface area contributed by atoms with Crippen molar-refractivity contribution in [2.24, 2.45) is 0 Å². The van der Waals surface area contributed by atoms with Crippen molar-refractivity contribution >= 4 is 17.6 Å². The Bertz CT molecular complexity index is 665. The van der Waals surface area contributed by atoms with E-state index < -0.39 is 5.97 Å². The van der Waals surface area contributed by atoms with E-state index in [1.807, 2.05) is 20.8 Å². The topological polar surface area (TPSA) is 108 Å². The minimum atomic E-state index is -0.548. The van der Waals surface area contributed by atoms with Gasteiger partial charge in [-0.3, -0.25) is 0 Å². The van der Waals surface area contributed by atoms with Gasteiger partial charge in [0.15, 0.2) is 11.6 Å². The molecule has 0 aliphatic heterocycles. The number of hydrogen-bond acceptors (Lipinski definition) is 7. The molecule has 0 unspecified atom stereocenters. The Labute approximate surface area is 122 Å². The summed E-state index contributed by atoms with van der Waals surface area (Å²) in [6, 6.07) is 1.81. The lowest BCUT2D eigenvalue weighted by Crippen LogP contribution is -2.14. The predicted octanol–water partition coefficient (Wildman–Crippen LogP) is 1.16. The number of nitrogens with zero attached hydrogens (tertiary/aromatic N) is 4. The second kappa shape index (κ2) is 5.78. The molecule has 2 heterocycles. The van der Waals surface area contributed by atoms with Crippen LogP contribution >= 0.6 is 0 Å². The fraction of sp³-hybridized carbons (Fsp3) is 0.385. The van der Waals surface area contributed by atoms with E-state index in [1.165, 1.54) is 18.1 Å². The Morgan fingerprint density at radius 3 is 2.71 bits per heavy atom. The third-order valence-electron chi connectivity index (χ3n) is 2.74. The van der Waals surface area contributed by atoms with Gasteiger partial charge in [-0.05, 0) is 20.8 Å². The predicted molar refractivity (Wildman–Crippen MR) is 78.4 cm³/mol. The number of ether oxygens (including phenoxy) is 1. The van der Waals surface area contributed by atoms with Crippen molar-refractivity contribution in [1.82, 2.24) is 19.7 Å². The lowest BCUT2D eigenvalue weighted by molar-refractivity contribution is 0.0603. The molecular formula is C13H18N6O2. The maximum absolute atomic E-state index is 11.9. The molecule has 0 bridgehead atoms. The van der Waals surface area contributed by atoms with Crippen molar-refractivity contribution in [3.8, 4) is 5.82 Å². The number of nitrogen functional groups attached to an aromatic ring is 1. The Morgan fingerprint density at radius 1 is 1.43 bits per heavy atom. The third kappa shape index (κ3) is 2.93. The van der Waals surface area contributed by atoms with Gasteiger partial charge in [0.25, 0.3) is 0 Å². The standard InChI is InChI=1S/C13H18N6O2/c1-7(2)17-12-10(13(20)21-4)11(14)19(18-12)9-5-8(3)15-6-16-9/h5-7H,14H2,1-4H3,(H,17,18). The minimum Gasteiger partial charge on any atom is -0.465 e. The first kappa shape index (κ1) is 14.8. The average Bonchev–Trinajstić information content (AvgIpc) is 2.74. The number of anilines is 2. The maximum Gasteiger partial charge on any atom is 0.345 e. The van der Waals surface area contributed by atoms with Crippen molar-refractivity contribution in [3.05, 3.63) is 23.7 Å². The summed E-state index contributed by atoms with van der Waals surface area (Å²) in [5, 5.41) is 7.40. The van der Waals surface area contributed by atoms with E-state index in [-0.39, 0.29) is 17.4 Å². The molecule has 21 heavy (non-hydrogen) atoms. The monoisotopic (exact) mass is 290 g/mol.